The number of nitrogens with zero attached hydrogens (tertiary/aromatic N) is 2. The molecule has 29 heavy (non-hydrogen) atoms. The summed E-state index contributed by atoms with van der Waals surface area (Å²) in [5, 5.41) is 3.79. The van der Waals surface area contributed by atoms with Gasteiger partial charge in [-0.05, 0) is 19.9 Å². The number of hydrogen-bond donors (Lipinski definition) is 1. The van der Waals surface area contributed by atoms with Gasteiger partial charge in [0.25, 0.3) is 6.43 Å². The van der Waals surface area contributed by atoms with Gasteiger partial charge in [0, 0.05) is 30.9 Å². The van der Waals surface area contributed by atoms with Gasteiger partial charge in [0.1, 0.15) is 17.5 Å². The first-order valence-electron chi connectivity index (χ1n) is 9.18. The number of hydrogen-bond acceptors (Lipinski definition) is 5. The number of alkyl halides is 2. The van der Waals surface area contributed by atoms with E-state index in [0.29, 0.717) is 34.0 Å². The summed E-state index contributed by atoms with van der Waals surface area (Å²) in [5.74, 6) is 0.385. The van der Waals surface area contributed by atoms with Crippen molar-refractivity contribution in [3.05, 3.63) is 53.1 Å². The third-order valence-corrected chi connectivity index (χ3v) is 4.70. The third-order valence-electron chi connectivity index (χ3n) is 4.70. The van der Waals surface area contributed by atoms with Gasteiger partial charge in [-0.15, -0.1) is 0 Å². The maximum atomic E-state index is 14.5. The van der Waals surface area contributed by atoms with Gasteiger partial charge in [0.2, 0.25) is 5.79 Å². The molecule has 0 bridgehead atoms. The molecule has 1 aromatic heterocycles. The minimum atomic E-state index is -2.88. The summed E-state index contributed by atoms with van der Waals surface area (Å²) in [5.41, 5.74) is 0.147. The number of benzene rings is 2. The lowest BCUT2D eigenvalue weighted by Gasteiger charge is -2.18. The van der Waals surface area contributed by atoms with Crippen molar-refractivity contribution in [3.63, 3.8) is 0 Å². The minimum absolute atomic E-state index is 0.133. The smallest absolute Gasteiger partial charge is 0.266 e. The van der Waals surface area contributed by atoms with Crippen molar-refractivity contribution in [1.29, 1.82) is 0 Å². The Kier molecular flexibility index (Phi) is 4.52. The first kappa shape index (κ1) is 19.3. The molecule has 0 amide bonds. The predicted octanol–water partition coefficient (Wildman–Crippen LogP) is 5.70. The van der Waals surface area contributed by atoms with Crippen molar-refractivity contribution in [1.82, 2.24) is 9.97 Å². The van der Waals surface area contributed by atoms with Gasteiger partial charge >= 0.3 is 0 Å². The fraction of sp³-hybridized carbons (Fsp3) is 0.333. The Bertz CT molecular complexity index is 1100. The van der Waals surface area contributed by atoms with E-state index < -0.39 is 29.6 Å². The number of rotatable bonds is 4. The highest BCUT2D eigenvalue weighted by Gasteiger charge is 2.32. The number of aryl methyl sites for hydroxylation is 1. The van der Waals surface area contributed by atoms with Gasteiger partial charge < -0.3 is 14.8 Å². The molecule has 0 saturated carbocycles. The zero-order valence-corrected chi connectivity index (χ0v) is 16.4. The molecule has 0 spiro atoms. The molecule has 3 aromatic rings. The Morgan fingerprint density at radius 2 is 1.69 bits per heavy atom. The van der Waals surface area contributed by atoms with E-state index in [4.69, 9.17) is 9.47 Å². The molecule has 1 aliphatic rings. The number of halogens is 3. The van der Waals surface area contributed by atoms with Crippen LogP contribution in [0.4, 0.5) is 19.0 Å². The summed E-state index contributed by atoms with van der Waals surface area (Å²) in [7, 11) is 0. The quantitative estimate of drug-likeness (QED) is 0.606. The van der Waals surface area contributed by atoms with Gasteiger partial charge in [0.15, 0.2) is 11.5 Å². The Labute approximate surface area is 165 Å². The van der Waals surface area contributed by atoms with Crippen LogP contribution in [-0.4, -0.2) is 15.8 Å². The molecule has 0 unspecified atom stereocenters. The van der Waals surface area contributed by atoms with E-state index in [1.165, 1.54) is 12.1 Å². The molecular formula is C21H20F3N3O2. The van der Waals surface area contributed by atoms with Crippen LogP contribution in [0.15, 0.2) is 30.3 Å². The molecule has 0 aliphatic carbocycles. The number of fused-ring (bicyclic) bond motifs is 2. The molecule has 8 heteroatoms. The molecule has 0 saturated heterocycles. The molecule has 5 nitrogen and oxygen atoms in total. The highest BCUT2D eigenvalue weighted by atomic mass is 19.3. The second-order valence-electron chi connectivity index (χ2n) is 7.46. The lowest BCUT2D eigenvalue weighted by Crippen LogP contribution is -2.29. The number of aromatic nitrogens is 2. The largest absolute Gasteiger partial charge is 0.449 e. The van der Waals surface area contributed by atoms with Crippen molar-refractivity contribution in [2.24, 2.45) is 0 Å². The minimum Gasteiger partial charge on any atom is -0.449 e. The fourth-order valence-corrected chi connectivity index (χ4v) is 3.43. The van der Waals surface area contributed by atoms with Crippen LogP contribution in [0.5, 0.6) is 11.5 Å². The highest BCUT2D eigenvalue weighted by Crippen LogP contribution is 2.43. The Morgan fingerprint density at radius 3 is 2.38 bits per heavy atom. The van der Waals surface area contributed by atoms with Crippen LogP contribution < -0.4 is 14.8 Å². The summed E-state index contributed by atoms with van der Waals surface area (Å²) in [4.78, 5) is 8.86. The van der Waals surface area contributed by atoms with Crippen LogP contribution in [0.25, 0.3) is 10.9 Å². The fourth-order valence-electron chi connectivity index (χ4n) is 3.43. The molecule has 1 N–H and O–H groups in total. The normalized spacial score (nSPS) is 15.7. The van der Waals surface area contributed by atoms with Crippen molar-refractivity contribution in [2.75, 3.05) is 5.32 Å². The molecule has 4 rings (SSSR count). The lowest BCUT2D eigenvalue weighted by atomic mass is 10.0. The summed E-state index contributed by atoms with van der Waals surface area (Å²) in [6.07, 6.45) is -2.88. The monoisotopic (exact) mass is 403 g/mol. The summed E-state index contributed by atoms with van der Waals surface area (Å²) < 4.78 is 52.2. The van der Waals surface area contributed by atoms with Crippen LogP contribution in [0.2, 0.25) is 0 Å². The molecule has 0 fully saturated rings. The topological polar surface area (TPSA) is 56.3 Å². The second-order valence-corrected chi connectivity index (χ2v) is 7.46. The van der Waals surface area contributed by atoms with Crippen LogP contribution in [0, 0.1) is 12.7 Å². The number of nitrogens with one attached hydrogen (secondary N) is 1. The van der Waals surface area contributed by atoms with Gasteiger partial charge in [-0.2, -0.15) is 0 Å². The average molecular weight is 403 g/mol. The SMILES string of the molecule is Cc1nc(N[C@H](C)c2cccc(C(F)F)c2F)c2cc3c(cc2n1)OC(C)(C)O3. The van der Waals surface area contributed by atoms with E-state index in [-0.39, 0.29) is 5.56 Å². The first-order chi connectivity index (χ1) is 13.6. The maximum Gasteiger partial charge on any atom is 0.266 e. The molecule has 1 aliphatic heterocycles. The molecule has 152 valence electrons. The number of anilines is 1. The van der Waals surface area contributed by atoms with E-state index in [1.807, 2.05) is 0 Å². The Morgan fingerprint density at radius 1 is 1.03 bits per heavy atom. The number of ether oxygens (including phenoxy) is 2. The zero-order chi connectivity index (χ0) is 20.9. The van der Waals surface area contributed by atoms with Crippen LogP contribution in [-0.2, 0) is 0 Å². The molecule has 1 atom stereocenters. The van der Waals surface area contributed by atoms with E-state index in [2.05, 4.69) is 15.3 Å². The lowest BCUT2D eigenvalue weighted by molar-refractivity contribution is -0.0431. The molecular weight excluding hydrogens is 383 g/mol. The van der Waals surface area contributed by atoms with E-state index in [9.17, 15) is 13.2 Å². The highest BCUT2D eigenvalue weighted by molar-refractivity contribution is 5.92. The first-order valence-corrected chi connectivity index (χ1v) is 9.18. The second kappa shape index (κ2) is 6.79. The maximum absolute atomic E-state index is 14.5. The summed E-state index contributed by atoms with van der Waals surface area (Å²) in [6.45, 7) is 7.03. The van der Waals surface area contributed by atoms with E-state index in [1.54, 1.807) is 39.8 Å². The van der Waals surface area contributed by atoms with Gasteiger partial charge in [-0.3, -0.25) is 0 Å². The van der Waals surface area contributed by atoms with Gasteiger partial charge in [-0.25, -0.2) is 23.1 Å². The van der Waals surface area contributed by atoms with Crippen molar-refractivity contribution >= 4 is 16.7 Å². The van der Waals surface area contributed by atoms with E-state index >= 15 is 0 Å². The average Bonchev–Trinajstić information content (AvgIpc) is 2.92. The van der Waals surface area contributed by atoms with Crippen LogP contribution in [0.3, 0.4) is 0 Å². The van der Waals surface area contributed by atoms with Crippen molar-refractivity contribution < 1.29 is 22.6 Å². The van der Waals surface area contributed by atoms with Gasteiger partial charge in [-0.1, -0.05) is 18.2 Å². The van der Waals surface area contributed by atoms with E-state index in [0.717, 1.165) is 6.07 Å². The van der Waals surface area contributed by atoms with Gasteiger partial charge in [0.05, 0.1) is 17.1 Å². The Hall–Kier alpha value is -3.03. The third kappa shape index (κ3) is 3.54. The predicted molar refractivity (Wildman–Crippen MR) is 103 cm³/mol. The summed E-state index contributed by atoms with van der Waals surface area (Å²) >= 11 is 0. The van der Waals surface area contributed by atoms with Crippen molar-refractivity contribution in [3.8, 4) is 11.5 Å². The summed E-state index contributed by atoms with van der Waals surface area (Å²) in [6, 6.07) is 6.91. The van der Waals surface area contributed by atoms with Crippen molar-refractivity contribution in [2.45, 2.75) is 45.9 Å². The molecule has 0 radical (unpaired) electrons. The van der Waals surface area contributed by atoms with Crippen LogP contribution >= 0.6 is 0 Å². The standard InChI is InChI=1S/C21H20F3N3O2/c1-10(12-6-5-7-13(18(12)22)19(23)24)25-20-14-8-16-17(29-21(3,4)28-16)9-15(14)26-11(2)27-20/h5-10,19H,1-4H3,(H,25,26,27)/t10-/m1/s1. The van der Waals surface area contributed by atoms with Crippen LogP contribution in [0.1, 0.15) is 50.2 Å². The zero-order valence-electron chi connectivity index (χ0n) is 16.4. The molecule has 2 heterocycles. The Balaban J connectivity index is 1.74. The molecule has 2 aromatic carbocycles.